The number of halogens is 1. The highest BCUT2D eigenvalue weighted by Gasteiger charge is 2.12. The Morgan fingerprint density at radius 1 is 1.11 bits per heavy atom. The van der Waals surface area contributed by atoms with E-state index in [0.717, 1.165) is 34.0 Å². The first-order valence-electron chi connectivity index (χ1n) is 6.51. The summed E-state index contributed by atoms with van der Waals surface area (Å²) < 4.78 is 0.848. The van der Waals surface area contributed by atoms with Gasteiger partial charge in [-0.1, -0.05) is 65.2 Å². The van der Waals surface area contributed by atoms with Crippen LogP contribution < -0.4 is 0 Å². The summed E-state index contributed by atoms with van der Waals surface area (Å²) in [5.74, 6) is 0.0682. The number of aryl methyl sites for hydroxylation is 2. The lowest BCUT2D eigenvalue weighted by Crippen LogP contribution is -2.03. The molecule has 2 aromatic carbocycles. The van der Waals surface area contributed by atoms with Gasteiger partial charge >= 0.3 is 0 Å². The van der Waals surface area contributed by atoms with Gasteiger partial charge < -0.3 is 0 Å². The van der Waals surface area contributed by atoms with Gasteiger partial charge in [-0.15, -0.1) is 0 Å². The molecule has 0 saturated heterocycles. The first-order valence-corrected chi connectivity index (χ1v) is 7.31. The van der Waals surface area contributed by atoms with Crippen molar-refractivity contribution < 1.29 is 4.79 Å². The maximum atomic E-state index is 12.5. The third kappa shape index (κ3) is 3.32. The summed E-state index contributed by atoms with van der Waals surface area (Å²) in [5.41, 5.74) is 3.84. The molecule has 1 nitrogen and oxygen atoms in total. The molecule has 0 bridgehead atoms. The first kappa shape index (κ1) is 14.0. The summed E-state index contributed by atoms with van der Waals surface area (Å²) in [6.07, 6.45) is 2.18. The molecular weight excluding hydrogens is 300 g/mol. The van der Waals surface area contributed by atoms with Gasteiger partial charge in [-0.2, -0.15) is 0 Å². The molecule has 0 saturated carbocycles. The number of hydrogen-bond donors (Lipinski definition) is 0. The fourth-order valence-corrected chi connectivity index (χ4v) is 2.51. The van der Waals surface area contributed by atoms with Crippen molar-refractivity contribution in [2.75, 3.05) is 0 Å². The van der Waals surface area contributed by atoms with Gasteiger partial charge in [-0.05, 0) is 31.0 Å². The molecule has 0 unspecified atom stereocenters. The average Bonchev–Trinajstić information content (AvgIpc) is 2.42. The highest BCUT2D eigenvalue weighted by molar-refractivity contribution is 9.10. The number of hydrogen-bond acceptors (Lipinski definition) is 1. The normalized spacial score (nSPS) is 10.5. The SMILES string of the molecule is CCCc1ccc(C(=O)c2cc(C)ccc2Br)cc1. The largest absolute Gasteiger partial charge is 0.289 e. The maximum Gasteiger partial charge on any atom is 0.194 e. The smallest absolute Gasteiger partial charge is 0.194 e. The number of benzene rings is 2. The Morgan fingerprint density at radius 3 is 2.42 bits per heavy atom. The summed E-state index contributed by atoms with van der Waals surface area (Å²) in [4.78, 5) is 12.5. The zero-order valence-electron chi connectivity index (χ0n) is 11.2. The van der Waals surface area contributed by atoms with Crippen LogP contribution in [-0.2, 0) is 6.42 Å². The predicted molar refractivity (Wildman–Crippen MR) is 82.7 cm³/mol. The molecule has 0 aliphatic rings. The number of rotatable bonds is 4. The van der Waals surface area contributed by atoms with Crippen LogP contribution in [-0.4, -0.2) is 5.78 Å². The third-order valence-corrected chi connectivity index (χ3v) is 3.81. The van der Waals surface area contributed by atoms with Crippen molar-refractivity contribution >= 4 is 21.7 Å². The standard InChI is InChI=1S/C17H17BrO/c1-3-4-13-6-8-14(9-7-13)17(19)15-11-12(2)5-10-16(15)18/h5-11H,3-4H2,1-2H3. The van der Waals surface area contributed by atoms with E-state index < -0.39 is 0 Å². The molecule has 0 amide bonds. The van der Waals surface area contributed by atoms with Crippen LogP contribution in [0.1, 0.15) is 40.4 Å². The zero-order valence-corrected chi connectivity index (χ0v) is 12.8. The van der Waals surface area contributed by atoms with Crippen molar-refractivity contribution in [1.82, 2.24) is 0 Å². The van der Waals surface area contributed by atoms with Crippen molar-refractivity contribution in [3.63, 3.8) is 0 Å². The van der Waals surface area contributed by atoms with E-state index in [1.54, 1.807) is 0 Å². The third-order valence-electron chi connectivity index (χ3n) is 3.12. The number of ketones is 1. The lowest BCUT2D eigenvalue weighted by molar-refractivity contribution is 0.103. The Kier molecular flexibility index (Phi) is 4.54. The molecule has 2 heteroatoms. The monoisotopic (exact) mass is 316 g/mol. The van der Waals surface area contributed by atoms with Crippen LogP contribution in [0.5, 0.6) is 0 Å². The van der Waals surface area contributed by atoms with Crippen molar-refractivity contribution in [3.8, 4) is 0 Å². The van der Waals surface area contributed by atoms with Gasteiger partial charge in [0.2, 0.25) is 0 Å². The molecule has 0 aromatic heterocycles. The van der Waals surface area contributed by atoms with E-state index in [-0.39, 0.29) is 5.78 Å². The molecule has 0 fully saturated rings. The molecule has 2 rings (SSSR count). The summed E-state index contributed by atoms with van der Waals surface area (Å²) in [6.45, 7) is 4.15. The fraction of sp³-hybridized carbons (Fsp3) is 0.235. The second-order valence-corrected chi connectivity index (χ2v) is 5.61. The molecule has 0 atom stereocenters. The van der Waals surface area contributed by atoms with Crippen LogP contribution in [0.2, 0.25) is 0 Å². The average molecular weight is 317 g/mol. The fourth-order valence-electron chi connectivity index (χ4n) is 2.08. The lowest BCUT2D eigenvalue weighted by Gasteiger charge is -2.06. The minimum absolute atomic E-state index is 0.0682. The Hall–Kier alpha value is -1.41. The van der Waals surface area contributed by atoms with Gasteiger partial charge in [0.25, 0.3) is 0 Å². The second kappa shape index (κ2) is 6.16. The van der Waals surface area contributed by atoms with Gasteiger partial charge in [-0.3, -0.25) is 4.79 Å². The van der Waals surface area contributed by atoms with E-state index in [2.05, 4.69) is 22.9 Å². The number of carbonyl (C=O) groups excluding carboxylic acids is 1. The van der Waals surface area contributed by atoms with E-state index >= 15 is 0 Å². The molecule has 2 aromatic rings. The topological polar surface area (TPSA) is 17.1 Å². The Morgan fingerprint density at radius 2 is 1.79 bits per heavy atom. The van der Waals surface area contributed by atoms with E-state index in [1.165, 1.54) is 5.56 Å². The maximum absolute atomic E-state index is 12.5. The summed E-state index contributed by atoms with van der Waals surface area (Å²) in [6, 6.07) is 13.8. The Labute approximate surface area is 122 Å². The van der Waals surface area contributed by atoms with Crippen LogP contribution in [0.3, 0.4) is 0 Å². The van der Waals surface area contributed by atoms with E-state index in [1.807, 2.05) is 49.4 Å². The van der Waals surface area contributed by atoms with Crippen molar-refractivity contribution in [1.29, 1.82) is 0 Å². The molecule has 0 spiro atoms. The summed E-state index contributed by atoms with van der Waals surface area (Å²) >= 11 is 3.45. The van der Waals surface area contributed by atoms with Crippen molar-refractivity contribution in [3.05, 3.63) is 69.2 Å². The lowest BCUT2D eigenvalue weighted by atomic mass is 10.00. The summed E-state index contributed by atoms with van der Waals surface area (Å²) in [7, 11) is 0. The van der Waals surface area contributed by atoms with Gasteiger partial charge in [0.05, 0.1) is 0 Å². The van der Waals surface area contributed by atoms with Crippen molar-refractivity contribution in [2.45, 2.75) is 26.7 Å². The Bertz CT molecular complexity index is 585. The molecule has 98 valence electrons. The van der Waals surface area contributed by atoms with Crippen LogP contribution in [0.25, 0.3) is 0 Å². The van der Waals surface area contributed by atoms with Gasteiger partial charge in [-0.25, -0.2) is 0 Å². The first-order chi connectivity index (χ1) is 9.11. The second-order valence-electron chi connectivity index (χ2n) is 4.76. The van der Waals surface area contributed by atoms with Crippen LogP contribution in [0.15, 0.2) is 46.9 Å². The minimum Gasteiger partial charge on any atom is -0.289 e. The molecule has 0 heterocycles. The van der Waals surface area contributed by atoms with Gasteiger partial charge in [0.1, 0.15) is 0 Å². The molecule has 19 heavy (non-hydrogen) atoms. The predicted octanol–water partition coefficient (Wildman–Crippen LogP) is 4.94. The zero-order chi connectivity index (χ0) is 13.8. The molecule has 0 radical (unpaired) electrons. The summed E-state index contributed by atoms with van der Waals surface area (Å²) in [5, 5.41) is 0. The van der Waals surface area contributed by atoms with Gasteiger partial charge in [0.15, 0.2) is 5.78 Å². The van der Waals surface area contributed by atoms with Crippen LogP contribution in [0, 0.1) is 6.92 Å². The highest BCUT2D eigenvalue weighted by atomic mass is 79.9. The van der Waals surface area contributed by atoms with Gasteiger partial charge in [0, 0.05) is 15.6 Å². The minimum atomic E-state index is 0.0682. The molecule has 0 aliphatic heterocycles. The van der Waals surface area contributed by atoms with Crippen molar-refractivity contribution in [2.24, 2.45) is 0 Å². The quantitative estimate of drug-likeness (QED) is 0.730. The Balaban J connectivity index is 2.30. The number of carbonyl (C=O) groups is 1. The van der Waals surface area contributed by atoms with E-state index in [0.29, 0.717) is 0 Å². The van der Waals surface area contributed by atoms with Crippen LogP contribution >= 0.6 is 15.9 Å². The molecule has 0 aliphatic carbocycles. The van der Waals surface area contributed by atoms with E-state index in [9.17, 15) is 4.79 Å². The highest BCUT2D eigenvalue weighted by Crippen LogP contribution is 2.21. The van der Waals surface area contributed by atoms with E-state index in [4.69, 9.17) is 0 Å². The molecular formula is C17H17BrO. The van der Waals surface area contributed by atoms with Crippen LogP contribution in [0.4, 0.5) is 0 Å². The molecule has 0 N–H and O–H groups in total.